The summed E-state index contributed by atoms with van der Waals surface area (Å²) in [5, 5.41) is 6.51. The summed E-state index contributed by atoms with van der Waals surface area (Å²) in [6.07, 6.45) is 0. The lowest BCUT2D eigenvalue weighted by atomic mass is 9.84. The molecule has 0 amide bonds. The van der Waals surface area contributed by atoms with Gasteiger partial charge in [0.25, 0.3) is 0 Å². The third kappa shape index (κ3) is 4.88. The topological polar surface area (TPSA) is 54.9 Å². The third-order valence-corrected chi connectivity index (χ3v) is 4.17. The van der Waals surface area contributed by atoms with E-state index in [0.29, 0.717) is 24.0 Å². The molecule has 2 N–H and O–H groups in total. The molecule has 0 radical (unpaired) electrons. The molecule has 0 saturated heterocycles. The fourth-order valence-electron chi connectivity index (χ4n) is 2.55. The highest BCUT2D eigenvalue weighted by Gasteiger charge is 2.21. The van der Waals surface area contributed by atoms with Crippen molar-refractivity contribution in [2.24, 2.45) is 4.99 Å². The van der Waals surface area contributed by atoms with Crippen molar-refractivity contribution < 1.29 is 13.9 Å². The van der Waals surface area contributed by atoms with E-state index in [-0.39, 0.29) is 11.2 Å². The van der Waals surface area contributed by atoms with Crippen molar-refractivity contribution in [1.29, 1.82) is 0 Å². The largest absolute Gasteiger partial charge is 0.493 e. The second kappa shape index (κ2) is 8.56. The van der Waals surface area contributed by atoms with Crippen molar-refractivity contribution in [1.82, 2.24) is 5.32 Å². The average Bonchev–Trinajstić information content (AvgIpc) is 2.64. The van der Waals surface area contributed by atoms with Crippen LogP contribution in [0.4, 0.5) is 10.1 Å². The summed E-state index contributed by atoms with van der Waals surface area (Å²) in [4.78, 5) is 4.24. The second-order valence-corrected chi connectivity index (χ2v) is 6.51. The lowest BCUT2D eigenvalue weighted by molar-refractivity contribution is 0.355. The van der Waals surface area contributed by atoms with Crippen LogP contribution in [0.3, 0.4) is 0 Å². The van der Waals surface area contributed by atoms with E-state index < -0.39 is 0 Å². The van der Waals surface area contributed by atoms with Crippen LogP contribution in [0.1, 0.15) is 19.4 Å². The first-order valence-corrected chi connectivity index (χ1v) is 8.35. The SMILES string of the molecule is CN=C(NCC(C)(C)c1cccc(F)c1)Nc1ccc(OC)c(OC)c1. The zero-order valence-corrected chi connectivity index (χ0v) is 15.9. The van der Waals surface area contributed by atoms with Crippen LogP contribution in [0.15, 0.2) is 47.5 Å². The molecule has 0 spiro atoms. The number of benzene rings is 2. The van der Waals surface area contributed by atoms with Crippen molar-refractivity contribution in [2.45, 2.75) is 19.3 Å². The highest BCUT2D eigenvalue weighted by Crippen LogP contribution is 2.29. The van der Waals surface area contributed by atoms with E-state index in [1.807, 2.05) is 24.3 Å². The molecule has 0 aliphatic rings. The molecule has 2 aromatic carbocycles. The van der Waals surface area contributed by atoms with Gasteiger partial charge in [-0.25, -0.2) is 4.39 Å². The molecule has 0 heterocycles. The van der Waals surface area contributed by atoms with Gasteiger partial charge in [-0.1, -0.05) is 26.0 Å². The Morgan fingerprint density at radius 3 is 2.42 bits per heavy atom. The summed E-state index contributed by atoms with van der Waals surface area (Å²) in [6.45, 7) is 4.69. The van der Waals surface area contributed by atoms with Crippen LogP contribution in [-0.4, -0.2) is 33.8 Å². The lowest BCUT2D eigenvalue weighted by Gasteiger charge is -2.27. The van der Waals surface area contributed by atoms with Crippen LogP contribution >= 0.6 is 0 Å². The molecule has 5 nitrogen and oxygen atoms in total. The number of ether oxygens (including phenoxy) is 2. The lowest BCUT2D eigenvalue weighted by Crippen LogP contribution is -2.40. The van der Waals surface area contributed by atoms with Gasteiger partial charge in [-0.3, -0.25) is 4.99 Å². The summed E-state index contributed by atoms with van der Waals surface area (Å²) in [7, 11) is 4.89. The minimum atomic E-state index is -0.267. The van der Waals surface area contributed by atoms with E-state index in [1.54, 1.807) is 33.4 Å². The van der Waals surface area contributed by atoms with Gasteiger partial charge in [0.1, 0.15) is 5.82 Å². The number of hydrogen-bond acceptors (Lipinski definition) is 3. The molecular formula is C20H26FN3O2. The number of methoxy groups -OCH3 is 2. The monoisotopic (exact) mass is 359 g/mol. The third-order valence-electron chi connectivity index (χ3n) is 4.17. The molecule has 0 bridgehead atoms. The molecule has 140 valence electrons. The summed E-state index contributed by atoms with van der Waals surface area (Å²) >= 11 is 0. The Bertz CT molecular complexity index is 775. The number of halogens is 1. The van der Waals surface area contributed by atoms with Gasteiger partial charge in [0.05, 0.1) is 14.2 Å². The summed E-state index contributed by atoms with van der Waals surface area (Å²) in [5.41, 5.74) is 1.48. The van der Waals surface area contributed by atoms with Gasteiger partial charge in [-0.2, -0.15) is 0 Å². The first kappa shape index (κ1) is 19.6. The fraction of sp³-hybridized carbons (Fsp3) is 0.350. The van der Waals surface area contributed by atoms with E-state index in [2.05, 4.69) is 29.5 Å². The number of nitrogens with zero attached hydrogens (tertiary/aromatic N) is 1. The van der Waals surface area contributed by atoms with Crippen LogP contribution in [0.5, 0.6) is 11.5 Å². The van der Waals surface area contributed by atoms with Crippen LogP contribution in [0.2, 0.25) is 0 Å². The van der Waals surface area contributed by atoms with Gasteiger partial charge >= 0.3 is 0 Å². The Balaban J connectivity index is 2.06. The average molecular weight is 359 g/mol. The van der Waals surface area contributed by atoms with Crippen LogP contribution in [0.25, 0.3) is 0 Å². The summed E-state index contributed by atoms with van der Waals surface area (Å²) < 4.78 is 24.1. The molecule has 0 aromatic heterocycles. The maximum Gasteiger partial charge on any atom is 0.195 e. The number of aliphatic imine (C=N–C) groups is 1. The molecule has 0 aliphatic carbocycles. The Kier molecular flexibility index (Phi) is 6.44. The van der Waals surface area contributed by atoms with Gasteiger partial charge in [0.15, 0.2) is 17.5 Å². The molecule has 2 rings (SSSR count). The maximum atomic E-state index is 13.5. The second-order valence-electron chi connectivity index (χ2n) is 6.51. The van der Waals surface area contributed by atoms with Crippen molar-refractivity contribution in [2.75, 3.05) is 33.1 Å². The van der Waals surface area contributed by atoms with Crippen LogP contribution in [-0.2, 0) is 5.41 Å². The van der Waals surface area contributed by atoms with E-state index in [1.165, 1.54) is 6.07 Å². The quantitative estimate of drug-likeness (QED) is 0.608. The molecule has 0 unspecified atom stereocenters. The number of hydrogen-bond donors (Lipinski definition) is 2. The van der Waals surface area contributed by atoms with E-state index in [0.717, 1.165) is 11.3 Å². The van der Waals surface area contributed by atoms with Crippen LogP contribution < -0.4 is 20.1 Å². The fourth-order valence-corrected chi connectivity index (χ4v) is 2.55. The Morgan fingerprint density at radius 2 is 1.81 bits per heavy atom. The molecule has 0 atom stereocenters. The van der Waals surface area contributed by atoms with E-state index in [4.69, 9.17) is 9.47 Å². The number of guanidine groups is 1. The van der Waals surface area contributed by atoms with Gasteiger partial charge in [0.2, 0.25) is 0 Å². The zero-order chi connectivity index (χ0) is 19.2. The minimum absolute atomic E-state index is 0.233. The zero-order valence-electron chi connectivity index (χ0n) is 15.9. The Morgan fingerprint density at radius 1 is 1.08 bits per heavy atom. The van der Waals surface area contributed by atoms with Gasteiger partial charge in [0, 0.05) is 30.8 Å². The first-order valence-electron chi connectivity index (χ1n) is 8.35. The van der Waals surface area contributed by atoms with E-state index in [9.17, 15) is 4.39 Å². The Hall–Kier alpha value is -2.76. The number of rotatable bonds is 6. The van der Waals surface area contributed by atoms with Gasteiger partial charge in [-0.05, 0) is 29.8 Å². The maximum absolute atomic E-state index is 13.5. The molecule has 26 heavy (non-hydrogen) atoms. The van der Waals surface area contributed by atoms with Gasteiger partial charge in [-0.15, -0.1) is 0 Å². The highest BCUT2D eigenvalue weighted by molar-refractivity contribution is 5.93. The molecule has 0 aliphatic heterocycles. The predicted octanol–water partition coefficient (Wildman–Crippen LogP) is 3.81. The van der Waals surface area contributed by atoms with Crippen molar-refractivity contribution in [3.05, 3.63) is 53.8 Å². The highest BCUT2D eigenvalue weighted by atomic mass is 19.1. The summed E-state index contributed by atoms with van der Waals surface area (Å²) in [5.74, 6) is 1.67. The normalized spacial score (nSPS) is 11.8. The van der Waals surface area contributed by atoms with Crippen LogP contribution in [0, 0.1) is 5.82 Å². The molecule has 0 fully saturated rings. The standard InChI is InChI=1S/C20H26FN3O2/c1-20(2,14-7-6-8-15(21)11-14)13-23-19(22-3)24-16-9-10-17(25-4)18(12-16)26-5/h6-12H,13H2,1-5H3,(H2,22,23,24). The smallest absolute Gasteiger partial charge is 0.195 e. The minimum Gasteiger partial charge on any atom is -0.493 e. The summed E-state index contributed by atoms with van der Waals surface area (Å²) in [6, 6.07) is 12.2. The molecule has 6 heteroatoms. The number of nitrogens with one attached hydrogen (secondary N) is 2. The Labute approximate surface area is 154 Å². The van der Waals surface area contributed by atoms with Crippen molar-refractivity contribution in [3.63, 3.8) is 0 Å². The van der Waals surface area contributed by atoms with Crippen molar-refractivity contribution >= 4 is 11.6 Å². The first-order chi connectivity index (χ1) is 12.4. The van der Waals surface area contributed by atoms with E-state index >= 15 is 0 Å². The molecule has 0 saturated carbocycles. The molecule has 2 aromatic rings. The van der Waals surface area contributed by atoms with Gasteiger partial charge < -0.3 is 20.1 Å². The number of anilines is 1. The predicted molar refractivity (Wildman–Crippen MR) is 104 cm³/mol. The molecular weight excluding hydrogens is 333 g/mol. The van der Waals surface area contributed by atoms with Crippen molar-refractivity contribution in [3.8, 4) is 11.5 Å².